The summed E-state index contributed by atoms with van der Waals surface area (Å²) in [5.74, 6) is -3.59. The molecule has 1 aromatic carbocycles. The van der Waals surface area contributed by atoms with Gasteiger partial charge in [-0.25, -0.2) is 8.78 Å². The van der Waals surface area contributed by atoms with Crippen LogP contribution in [0, 0.1) is 31.4 Å². The number of fused-ring (bicyclic) bond motifs is 1. The number of ether oxygens (including phenoxy) is 1. The SMILES string of the molecule is C#C.CCN1CCn2cc(C(=O)NCc3ccc(F)c(C)c3F)c(=O)c(O)c2C1=O.CCOC. The average Bonchev–Trinajstić information content (AvgIpc) is 2.85. The molecule has 2 amide bonds. The van der Waals surface area contributed by atoms with Gasteiger partial charge in [-0.2, -0.15) is 0 Å². The quantitative estimate of drug-likeness (QED) is 0.645. The predicted molar refractivity (Wildman–Crippen MR) is 124 cm³/mol. The number of halogens is 2. The van der Waals surface area contributed by atoms with Crippen LogP contribution in [0.25, 0.3) is 0 Å². The number of rotatable bonds is 5. The van der Waals surface area contributed by atoms with Gasteiger partial charge >= 0.3 is 0 Å². The van der Waals surface area contributed by atoms with Gasteiger partial charge < -0.3 is 24.6 Å². The average molecular weight is 478 g/mol. The third kappa shape index (κ3) is 6.20. The molecule has 3 rings (SSSR count). The highest BCUT2D eigenvalue weighted by molar-refractivity contribution is 5.99. The summed E-state index contributed by atoms with van der Waals surface area (Å²) in [6.45, 7) is 6.69. The molecule has 0 unspecified atom stereocenters. The van der Waals surface area contributed by atoms with Crippen molar-refractivity contribution >= 4 is 11.8 Å². The Morgan fingerprint density at radius 2 is 1.82 bits per heavy atom. The van der Waals surface area contributed by atoms with Crippen molar-refractivity contribution < 1.29 is 28.2 Å². The molecule has 0 fully saturated rings. The van der Waals surface area contributed by atoms with Crippen LogP contribution < -0.4 is 10.7 Å². The van der Waals surface area contributed by atoms with Gasteiger partial charge in [-0.1, -0.05) is 6.07 Å². The lowest BCUT2D eigenvalue weighted by Crippen LogP contribution is -2.42. The van der Waals surface area contributed by atoms with E-state index in [1.165, 1.54) is 28.7 Å². The Labute approximate surface area is 197 Å². The minimum atomic E-state index is -0.981. The summed E-state index contributed by atoms with van der Waals surface area (Å²) in [6.07, 6.45) is 9.21. The molecule has 0 aliphatic carbocycles. The zero-order valence-electron chi connectivity index (χ0n) is 19.7. The highest BCUT2D eigenvalue weighted by atomic mass is 19.1. The molecule has 0 bridgehead atoms. The summed E-state index contributed by atoms with van der Waals surface area (Å²) in [5, 5.41) is 12.6. The van der Waals surface area contributed by atoms with E-state index < -0.39 is 34.6 Å². The maximum Gasteiger partial charge on any atom is 0.274 e. The molecule has 0 radical (unpaired) electrons. The molecule has 1 aromatic heterocycles. The molecule has 0 saturated heterocycles. The standard InChI is InChI=1S/C19H19F2N3O4.C3H8O.C2H2/c1-3-23-6-7-24-9-12(16(25)17(26)15(24)19(23)28)18(27)22-8-11-4-5-13(20)10(2)14(11)21;1-3-4-2;1-2/h4-5,9,26H,3,6-8H2,1-2H3,(H,22,27);3H2,1-2H3;1-2H. The van der Waals surface area contributed by atoms with E-state index in [4.69, 9.17) is 0 Å². The molecule has 34 heavy (non-hydrogen) atoms. The predicted octanol–water partition coefficient (Wildman–Crippen LogP) is 2.45. The molecular formula is C24H29F2N3O5. The zero-order chi connectivity index (χ0) is 26.0. The topological polar surface area (TPSA) is 101 Å². The third-order valence-corrected chi connectivity index (χ3v) is 5.11. The summed E-state index contributed by atoms with van der Waals surface area (Å²) in [7, 11) is 1.68. The van der Waals surface area contributed by atoms with E-state index in [1.807, 2.05) is 6.92 Å². The van der Waals surface area contributed by atoms with Gasteiger partial charge in [-0.3, -0.25) is 14.4 Å². The Bertz CT molecular complexity index is 1110. The highest BCUT2D eigenvalue weighted by Crippen LogP contribution is 2.20. The minimum absolute atomic E-state index is 0.0586. The first-order chi connectivity index (χ1) is 16.2. The maximum atomic E-state index is 14.1. The number of carbonyl (C=O) groups is 2. The number of terminal acetylenes is 1. The Balaban J connectivity index is 0.000000872. The molecule has 0 saturated carbocycles. The van der Waals surface area contributed by atoms with E-state index in [1.54, 1.807) is 14.0 Å². The van der Waals surface area contributed by atoms with Crippen molar-refractivity contribution in [2.75, 3.05) is 26.8 Å². The molecule has 1 aliphatic heterocycles. The molecule has 2 N–H and O–H groups in total. The van der Waals surface area contributed by atoms with Crippen LogP contribution in [-0.2, 0) is 17.8 Å². The number of amides is 2. The van der Waals surface area contributed by atoms with Gasteiger partial charge in [0.25, 0.3) is 11.8 Å². The van der Waals surface area contributed by atoms with Crippen LogP contribution in [0.1, 0.15) is 45.8 Å². The number of hydrogen-bond acceptors (Lipinski definition) is 5. The largest absolute Gasteiger partial charge is 0.503 e. The second-order valence-electron chi connectivity index (χ2n) is 7.05. The van der Waals surface area contributed by atoms with Crippen LogP contribution >= 0.6 is 0 Å². The van der Waals surface area contributed by atoms with E-state index in [-0.39, 0.29) is 28.9 Å². The number of aromatic hydroxyl groups is 1. The van der Waals surface area contributed by atoms with Gasteiger partial charge in [0, 0.05) is 57.2 Å². The first-order valence-corrected chi connectivity index (χ1v) is 10.5. The van der Waals surface area contributed by atoms with Gasteiger partial charge in [0.2, 0.25) is 5.43 Å². The van der Waals surface area contributed by atoms with Gasteiger partial charge in [-0.15, -0.1) is 12.8 Å². The number of hydrogen-bond donors (Lipinski definition) is 2. The molecular weight excluding hydrogens is 448 g/mol. The van der Waals surface area contributed by atoms with Crippen molar-refractivity contribution in [3.05, 3.63) is 62.6 Å². The van der Waals surface area contributed by atoms with Gasteiger partial charge in [0.05, 0.1) is 0 Å². The summed E-state index contributed by atoms with van der Waals surface area (Å²) in [5.41, 5.74) is -1.61. The van der Waals surface area contributed by atoms with Crippen molar-refractivity contribution in [2.45, 2.75) is 33.9 Å². The van der Waals surface area contributed by atoms with Crippen molar-refractivity contribution in [3.63, 3.8) is 0 Å². The van der Waals surface area contributed by atoms with Crippen molar-refractivity contribution in [3.8, 4) is 18.6 Å². The van der Waals surface area contributed by atoms with Gasteiger partial charge in [-0.05, 0) is 26.8 Å². The Kier molecular flexibility index (Phi) is 10.9. The zero-order valence-corrected chi connectivity index (χ0v) is 19.7. The summed E-state index contributed by atoms with van der Waals surface area (Å²) in [4.78, 5) is 38.6. The lowest BCUT2D eigenvalue weighted by Gasteiger charge is -2.29. The van der Waals surface area contributed by atoms with E-state index in [0.29, 0.717) is 19.6 Å². The number of aromatic nitrogens is 1. The first kappa shape index (κ1) is 28.3. The second kappa shape index (κ2) is 13.1. The van der Waals surface area contributed by atoms with Crippen LogP contribution in [0.4, 0.5) is 8.78 Å². The maximum absolute atomic E-state index is 14.1. The van der Waals surface area contributed by atoms with Gasteiger partial charge in [0.15, 0.2) is 11.4 Å². The minimum Gasteiger partial charge on any atom is -0.503 e. The molecule has 184 valence electrons. The van der Waals surface area contributed by atoms with Gasteiger partial charge in [0.1, 0.15) is 17.2 Å². The molecule has 2 heterocycles. The Hall–Kier alpha value is -3.71. The summed E-state index contributed by atoms with van der Waals surface area (Å²) >= 11 is 0. The lowest BCUT2D eigenvalue weighted by molar-refractivity contribution is 0.0705. The fourth-order valence-corrected chi connectivity index (χ4v) is 3.12. The molecule has 0 spiro atoms. The normalized spacial score (nSPS) is 12.0. The monoisotopic (exact) mass is 477 g/mol. The van der Waals surface area contributed by atoms with Crippen LogP contribution in [0.3, 0.4) is 0 Å². The third-order valence-electron chi connectivity index (χ3n) is 5.11. The molecule has 8 nitrogen and oxygen atoms in total. The molecule has 10 heteroatoms. The summed E-state index contributed by atoms with van der Waals surface area (Å²) < 4.78 is 33.3. The number of likely N-dealkylation sites (N-methyl/N-ethyl adjacent to an activating group) is 1. The fraction of sp³-hybridized carbons (Fsp3) is 0.375. The van der Waals surface area contributed by atoms with Crippen molar-refractivity contribution in [1.82, 2.24) is 14.8 Å². The number of carbonyl (C=O) groups excluding carboxylic acids is 2. The Morgan fingerprint density at radius 3 is 2.38 bits per heavy atom. The number of nitrogens with one attached hydrogen (secondary N) is 1. The second-order valence-corrected chi connectivity index (χ2v) is 7.05. The van der Waals surface area contributed by atoms with Crippen LogP contribution in [-0.4, -0.2) is 53.2 Å². The van der Waals surface area contributed by atoms with Crippen LogP contribution in [0.2, 0.25) is 0 Å². The number of pyridine rings is 1. The lowest BCUT2D eigenvalue weighted by atomic mass is 10.1. The first-order valence-electron chi connectivity index (χ1n) is 10.5. The van der Waals surface area contributed by atoms with E-state index in [0.717, 1.165) is 12.7 Å². The summed E-state index contributed by atoms with van der Waals surface area (Å²) in [6, 6.07) is 2.29. The van der Waals surface area contributed by atoms with E-state index in [9.17, 15) is 28.3 Å². The van der Waals surface area contributed by atoms with Crippen molar-refractivity contribution in [1.29, 1.82) is 0 Å². The highest BCUT2D eigenvalue weighted by Gasteiger charge is 2.30. The fourth-order valence-electron chi connectivity index (χ4n) is 3.12. The molecule has 1 aliphatic rings. The van der Waals surface area contributed by atoms with Crippen LogP contribution in [0.5, 0.6) is 5.75 Å². The van der Waals surface area contributed by atoms with Crippen LogP contribution in [0.15, 0.2) is 23.1 Å². The van der Waals surface area contributed by atoms with E-state index in [2.05, 4.69) is 22.9 Å². The van der Waals surface area contributed by atoms with Crippen molar-refractivity contribution in [2.24, 2.45) is 0 Å². The molecule has 2 aromatic rings. The number of methoxy groups -OCH3 is 1. The smallest absolute Gasteiger partial charge is 0.274 e. The number of benzene rings is 1. The Morgan fingerprint density at radius 1 is 1.21 bits per heavy atom. The van der Waals surface area contributed by atoms with E-state index >= 15 is 0 Å². The molecule has 0 atom stereocenters. The number of nitrogens with zero attached hydrogens (tertiary/aromatic N) is 2.